The molecule has 2 N–H and O–H groups in total. The summed E-state index contributed by atoms with van der Waals surface area (Å²) < 4.78 is 13.6. The minimum absolute atomic E-state index is 0.184. The zero-order valence-corrected chi connectivity index (χ0v) is 9.24. The van der Waals surface area contributed by atoms with Crippen molar-refractivity contribution in [3.63, 3.8) is 0 Å². The molecular formula is C12H15FN2O. The maximum Gasteiger partial charge on any atom is 0.243 e. The van der Waals surface area contributed by atoms with Crippen LogP contribution in [0.5, 0.6) is 0 Å². The highest BCUT2D eigenvalue weighted by Gasteiger charge is 2.28. The molecule has 86 valence electrons. The minimum Gasteiger partial charge on any atom is -0.320 e. The molecule has 1 aliphatic heterocycles. The molecule has 1 aromatic carbocycles. The van der Waals surface area contributed by atoms with Gasteiger partial charge >= 0.3 is 0 Å². The van der Waals surface area contributed by atoms with E-state index in [-0.39, 0.29) is 11.7 Å². The Hall–Kier alpha value is -1.42. The molecule has 1 aromatic rings. The molecule has 2 rings (SSSR count). The highest BCUT2D eigenvalue weighted by atomic mass is 19.1. The quantitative estimate of drug-likeness (QED) is 0.784. The van der Waals surface area contributed by atoms with E-state index < -0.39 is 6.04 Å². The Morgan fingerprint density at radius 2 is 2.25 bits per heavy atom. The van der Waals surface area contributed by atoms with E-state index in [2.05, 4.69) is 0 Å². The number of piperidine rings is 1. The van der Waals surface area contributed by atoms with Crippen LogP contribution in [-0.2, 0) is 4.79 Å². The molecule has 0 aliphatic carbocycles. The summed E-state index contributed by atoms with van der Waals surface area (Å²) in [5.74, 6) is -0.552. The molecular weight excluding hydrogens is 207 g/mol. The lowest BCUT2D eigenvalue weighted by molar-refractivity contribution is -0.120. The number of amides is 1. The number of nitrogens with zero attached hydrogens (tertiary/aromatic N) is 1. The van der Waals surface area contributed by atoms with Gasteiger partial charge < -0.3 is 10.6 Å². The summed E-state index contributed by atoms with van der Waals surface area (Å²) >= 11 is 0. The van der Waals surface area contributed by atoms with Crippen LogP contribution in [0.25, 0.3) is 0 Å². The Morgan fingerprint density at radius 3 is 3.00 bits per heavy atom. The second-order valence-electron chi connectivity index (χ2n) is 4.19. The molecule has 1 saturated heterocycles. The molecule has 1 amide bonds. The fourth-order valence-electron chi connectivity index (χ4n) is 1.97. The molecule has 0 bridgehead atoms. The van der Waals surface area contributed by atoms with Crippen molar-refractivity contribution in [3.8, 4) is 0 Å². The number of benzene rings is 1. The first-order valence-corrected chi connectivity index (χ1v) is 5.42. The first-order chi connectivity index (χ1) is 7.59. The Balaban J connectivity index is 2.35. The van der Waals surface area contributed by atoms with Crippen LogP contribution in [0.15, 0.2) is 18.2 Å². The fourth-order valence-corrected chi connectivity index (χ4v) is 1.97. The number of nitrogens with two attached hydrogens (primary N) is 1. The number of anilines is 1. The van der Waals surface area contributed by atoms with Gasteiger partial charge in [-0.15, -0.1) is 0 Å². The van der Waals surface area contributed by atoms with E-state index in [4.69, 9.17) is 5.73 Å². The third kappa shape index (κ3) is 1.93. The average molecular weight is 222 g/mol. The summed E-state index contributed by atoms with van der Waals surface area (Å²) in [7, 11) is 0. The maximum absolute atomic E-state index is 13.6. The van der Waals surface area contributed by atoms with Gasteiger partial charge in [0.05, 0.1) is 11.7 Å². The topological polar surface area (TPSA) is 46.3 Å². The predicted octanol–water partition coefficient (Wildman–Crippen LogP) is 1.59. The molecule has 16 heavy (non-hydrogen) atoms. The summed E-state index contributed by atoms with van der Waals surface area (Å²) in [6.07, 6.45) is 1.50. The molecule has 0 spiro atoms. The van der Waals surface area contributed by atoms with Crippen molar-refractivity contribution in [2.75, 3.05) is 11.4 Å². The fraction of sp³-hybridized carbons (Fsp3) is 0.417. The molecule has 1 heterocycles. The number of rotatable bonds is 1. The van der Waals surface area contributed by atoms with E-state index in [0.29, 0.717) is 18.7 Å². The lowest BCUT2D eigenvalue weighted by Gasteiger charge is -2.30. The van der Waals surface area contributed by atoms with Gasteiger partial charge in [-0.3, -0.25) is 4.79 Å². The van der Waals surface area contributed by atoms with Crippen LogP contribution in [0.4, 0.5) is 10.1 Å². The van der Waals surface area contributed by atoms with Gasteiger partial charge in [-0.05, 0) is 37.5 Å². The Morgan fingerprint density at radius 1 is 1.50 bits per heavy atom. The highest BCUT2D eigenvalue weighted by molar-refractivity contribution is 5.97. The second-order valence-corrected chi connectivity index (χ2v) is 4.19. The van der Waals surface area contributed by atoms with E-state index in [9.17, 15) is 9.18 Å². The van der Waals surface area contributed by atoms with Gasteiger partial charge in [-0.1, -0.05) is 6.07 Å². The van der Waals surface area contributed by atoms with Gasteiger partial charge in [0.25, 0.3) is 0 Å². The van der Waals surface area contributed by atoms with Gasteiger partial charge in [-0.2, -0.15) is 0 Å². The number of hydrogen-bond donors (Lipinski definition) is 1. The average Bonchev–Trinajstić information content (AvgIpc) is 2.26. The van der Waals surface area contributed by atoms with Crippen LogP contribution >= 0.6 is 0 Å². The molecule has 4 heteroatoms. The lowest BCUT2D eigenvalue weighted by atomic mass is 10.0. The SMILES string of the molecule is Cc1ccc(F)c(N2CCC[C@@H](N)C2=O)c1. The third-order valence-corrected chi connectivity index (χ3v) is 2.87. The van der Waals surface area contributed by atoms with Crippen molar-refractivity contribution in [3.05, 3.63) is 29.6 Å². The highest BCUT2D eigenvalue weighted by Crippen LogP contribution is 2.24. The summed E-state index contributed by atoms with van der Waals surface area (Å²) in [6.45, 7) is 2.42. The smallest absolute Gasteiger partial charge is 0.243 e. The number of carbonyl (C=O) groups excluding carboxylic acids is 1. The van der Waals surface area contributed by atoms with Gasteiger partial charge in [-0.25, -0.2) is 4.39 Å². The van der Waals surface area contributed by atoms with E-state index in [1.807, 2.05) is 6.92 Å². The molecule has 1 fully saturated rings. The first-order valence-electron chi connectivity index (χ1n) is 5.42. The number of halogens is 1. The standard InChI is InChI=1S/C12H15FN2O/c1-8-4-5-9(13)11(7-8)15-6-2-3-10(14)12(15)16/h4-5,7,10H,2-3,6,14H2,1H3/t10-/m1/s1. The van der Waals surface area contributed by atoms with Crippen molar-refractivity contribution >= 4 is 11.6 Å². The van der Waals surface area contributed by atoms with Crippen LogP contribution in [-0.4, -0.2) is 18.5 Å². The second kappa shape index (κ2) is 4.22. The van der Waals surface area contributed by atoms with E-state index in [0.717, 1.165) is 12.0 Å². The lowest BCUT2D eigenvalue weighted by Crippen LogP contribution is -2.48. The Labute approximate surface area is 94.0 Å². The molecule has 3 nitrogen and oxygen atoms in total. The van der Waals surface area contributed by atoms with Gasteiger partial charge in [0.15, 0.2) is 0 Å². The number of aryl methyl sites for hydroxylation is 1. The normalized spacial score (nSPS) is 21.3. The molecule has 0 radical (unpaired) electrons. The Kier molecular flexibility index (Phi) is 2.92. The van der Waals surface area contributed by atoms with Crippen molar-refractivity contribution in [1.29, 1.82) is 0 Å². The number of hydrogen-bond acceptors (Lipinski definition) is 2. The van der Waals surface area contributed by atoms with Crippen molar-refractivity contribution in [2.24, 2.45) is 5.73 Å². The molecule has 0 unspecified atom stereocenters. The zero-order valence-electron chi connectivity index (χ0n) is 9.24. The van der Waals surface area contributed by atoms with E-state index >= 15 is 0 Å². The van der Waals surface area contributed by atoms with E-state index in [1.165, 1.54) is 11.0 Å². The number of carbonyl (C=O) groups is 1. The zero-order chi connectivity index (χ0) is 11.7. The molecule has 1 aliphatic rings. The summed E-state index contributed by atoms with van der Waals surface area (Å²) in [5, 5.41) is 0. The van der Waals surface area contributed by atoms with Crippen LogP contribution in [0.3, 0.4) is 0 Å². The predicted molar refractivity (Wildman–Crippen MR) is 60.7 cm³/mol. The van der Waals surface area contributed by atoms with Crippen LogP contribution in [0, 0.1) is 12.7 Å². The molecule has 0 aromatic heterocycles. The summed E-state index contributed by atoms with van der Waals surface area (Å²) in [6, 6.07) is 4.27. The Bertz CT molecular complexity index is 419. The first kappa shape index (κ1) is 11.1. The molecule has 1 atom stereocenters. The third-order valence-electron chi connectivity index (χ3n) is 2.87. The van der Waals surface area contributed by atoms with Gasteiger partial charge in [0.1, 0.15) is 5.82 Å². The minimum atomic E-state index is -0.492. The maximum atomic E-state index is 13.6. The van der Waals surface area contributed by atoms with Crippen molar-refractivity contribution in [2.45, 2.75) is 25.8 Å². The van der Waals surface area contributed by atoms with E-state index in [1.54, 1.807) is 12.1 Å². The van der Waals surface area contributed by atoms with Crippen LogP contribution < -0.4 is 10.6 Å². The summed E-state index contributed by atoms with van der Waals surface area (Å²) in [4.78, 5) is 13.3. The van der Waals surface area contributed by atoms with Gasteiger partial charge in [0.2, 0.25) is 5.91 Å². The monoisotopic (exact) mass is 222 g/mol. The van der Waals surface area contributed by atoms with Crippen molar-refractivity contribution < 1.29 is 9.18 Å². The largest absolute Gasteiger partial charge is 0.320 e. The van der Waals surface area contributed by atoms with Crippen LogP contribution in [0.2, 0.25) is 0 Å². The van der Waals surface area contributed by atoms with Gasteiger partial charge in [0, 0.05) is 6.54 Å². The summed E-state index contributed by atoms with van der Waals surface area (Å²) in [5.41, 5.74) is 6.96. The molecule has 0 saturated carbocycles. The van der Waals surface area contributed by atoms with Crippen molar-refractivity contribution in [1.82, 2.24) is 0 Å². The van der Waals surface area contributed by atoms with Crippen LogP contribution in [0.1, 0.15) is 18.4 Å².